The average molecular weight is 266 g/mol. The van der Waals surface area contributed by atoms with E-state index in [9.17, 15) is 4.79 Å². The number of hydrogen-bond donors (Lipinski definition) is 0. The fourth-order valence-electron chi connectivity index (χ4n) is 2.19. The van der Waals surface area contributed by atoms with Crippen molar-refractivity contribution in [2.45, 2.75) is 6.92 Å². The second-order valence-corrected chi connectivity index (χ2v) is 4.32. The van der Waals surface area contributed by atoms with Gasteiger partial charge in [-0.3, -0.25) is 4.79 Å². The number of benzene rings is 1. The van der Waals surface area contributed by atoms with Crippen molar-refractivity contribution in [2.75, 3.05) is 11.4 Å². The van der Waals surface area contributed by atoms with Crippen molar-refractivity contribution in [3.8, 4) is 0 Å². The van der Waals surface area contributed by atoms with Gasteiger partial charge in [-0.2, -0.15) is 5.10 Å². The van der Waals surface area contributed by atoms with Crippen molar-refractivity contribution in [2.24, 2.45) is 0 Å². The highest BCUT2D eigenvalue weighted by molar-refractivity contribution is 6.05. The smallest absolute Gasteiger partial charge is 0.277 e. The highest BCUT2D eigenvalue weighted by Gasteiger charge is 2.19. The van der Waals surface area contributed by atoms with Crippen molar-refractivity contribution in [3.63, 3.8) is 0 Å². The van der Waals surface area contributed by atoms with E-state index in [1.807, 2.05) is 37.3 Å². The van der Waals surface area contributed by atoms with Crippen molar-refractivity contribution >= 4 is 17.2 Å². The number of amides is 1. The number of carbonyl (C=O) groups excluding carboxylic acids is 1. The van der Waals surface area contributed by atoms with E-state index in [-0.39, 0.29) is 5.91 Å². The molecule has 0 unspecified atom stereocenters. The first-order valence-corrected chi connectivity index (χ1v) is 6.47. The van der Waals surface area contributed by atoms with E-state index < -0.39 is 0 Å². The van der Waals surface area contributed by atoms with Gasteiger partial charge in [0.15, 0.2) is 5.65 Å². The minimum Gasteiger partial charge on any atom is -0.307 e. The van der Waals surface area contributed by atoms with Gasteiger partial charge >= 0.3 is 0 Å². The minimum atomic E-state index is -0.0881. The summed E-state index contributed by atoms with van der Waals surface area (Å²) in [6.07, 6.45) is 3.26. The molecule has 0 saturated carbocycles. The standard InChI is InChI=1S/C15H14N4O/c1-2-18(12-6-4-3-5-7-12)15(20)13-8-10-16-14-9-11-17-19(13)14/h3-11H,2H2,1H3. The second-order valence-electron chi connectivity index (χ2n) is 4.32. The van der Waals surface area contributed by atoms with E-state index in [0.717, 1.165) is 5.69 Å². The summed E-state index contributed by atoms with van der Waals surface area (Å²) in [6.45, 7) is 2.54. The molecule has 0 atom stereocenters. The Balaban J connectivity index is 2.05. The third-order valence-corrected chi connectivity index (χ3v) is 3.14. The summed E-state index contributed by atoms with van der Waals surface area (Å²) < 4.78 is 1.56. The third kappa shape index (κ3) is 2.03. The van der Waals surface area contributed by atoms with Crippen LogP contribution in [0.3, 0.4) is 0 Å². The molecule has 100 valence electrons. The maximum atomic E-state index is 12.7. The zero-order chi connectivity index (χ0) is 13.9. The molecule has 20 heavy (non-hydrogen) atoms. The van der Waals surface area contributed by atoms with E-state index >= 15 is 0 Å². The van der Waals surface area contributed by atoms with Crippen LogP contribution in [0.5, 0.6) is 0 Å². The molecule has 5 heteroatoms. The predicted octanol–water partition coefficient (Wildman–Crippen LogP) is 2.40. The van der Waals surface area contributed by atoms with Gasteiger partial charge < -0.3 is 4.90 Å². The number of para-hydroxylation sites is 1. The van der Waals surface area contributed by atoms with Gasteiger partial charge in [0.05, 0.1) is 6.20 Å². The number of nitrogens with zero attached hydrogens (tertiary/aromatic N) is 4. The Hall–Kier alpha value is -2.69. The van der Waals surface area contributed by atoms with Gasteiger partial charge in [-0.15, -0.1) is 0 Å². The van der Waals surface area contributed by atoms with E-state index in [4.69, 9.17) is 0 Å². The quantitative estimate of drug-likeness (QED) is 0.731. The molecule has 0 aliphatic carbocycles. The molecular weight excluding hydrogens is 252 g/mol. The SMILES string of the molecule is CCN(C(=O)c1ccnc2ccnn12)c1ccccc1. The molecule has 1 amide bonds. The van der Waals surface area contributed by atoms with Crippen molar-refractivity contribution in [1.29, 1.82) is 0 Å². The number of anilines is 1. The molecular formula is C15H14N4O. The number of rotatable bonds is 3. The molecule has 0 saturated heterocycles. The van der Waals surface area contributed by atoms with E-state index in [1.165, 1.54) is 0 Å². The van der Waals surface area contributed by atoms with Crippen LogP contribution in [0.1, 0.15) is 17.4 Å². The van der Waals surface area contributed by atoms with Gasteiger partial charge in [0.1, 0.15) is 5.69 Å². The van der Waals surface area contributed by atoms with Crippen molar-refractivity contribution < 1.29 is 4.79 Å². The molecule has 5 nitrogen and oxygen atoms in total. The van der Waals surface area contributed by atoms with Crippen LogP contribution < -0.4 is 4.90 Å². The lowest BCUT2D eigenvalue weighted by atomic mass is 10.2. The summed E-state index contributed by atoms with van der Waals surface area (Å²) in [4.78, 5) is 18.6. The first-order valence-electron chi connectivity index (χ1n) is 6.47. The Morgan fingerprint density at radius 1 is 1.15 bits per heavy atom. The van der Waals surface area contributed by atoms with Crippen LogP contribution in [0.25, 0.3) is 5.65 Å². The highest BCUT2D eigenvalue weighted by Crippen LogP contribution is 2.16. The van der Waals surface area contributed by atoms with E-state index in [1.54, 1.807) is 33.9 Å². The second kappa shape index (κ2) is 5.13. The van der Waals surface area contributed by atoms with Crippen LogP contribution >= 0.6 is 0 Å². The number of carbonyl (C=O) groups is 1. The summed E-state index contributed by atoms with van der Waals surface area (Å²) in [5, 5.41) is 4.16. The van der Waals surface area contributed by atoms with Crippen LogP contribution in [0.2, 0.25) is 0 Å². The fraction of sp³-hybridized carbons (Fsp3) is 0.133. The Bertz CT molecular complexity index is 736. The Morgan fingerprint density at radius 3 is 2.70 bits per heavy atom. The fourth-order valence-corrected chi connectivity index (χ4v) is 2.19. The summed E-state index contributed by atoms with van der Waals surface area (Å²) in [5.74, 6) is -0.0881. The summed E-state index contributed by atoms with van der Waals surface area (Å²) in [6, 6.07) is 13.1. The molecule has 0 aliphatic heterocycles. The molecule has 0 bridgehead atoms. The maximum absolute atomic E-state index is 12.7. The zero-order valence-electron chi connectivity index (χ0n) is 11.1. The molecule has 0 fully saturated rings. The molecule has 2 aromatic heterocycles. The lowest BCUT2D eigenvalue weighted by Crippen LogP contribution is -2.32. The van der Waals surface area contributed by atoms with Crippen LogP contribution in [0.15, 0.2) is 54.9 Å². The van der Waals surface area contributed by atoms with Gasteiger partial charge in [-0.05, 0) is 25.1 Å². The lowest BCUT2D eigenvalue weighted by Gasteiger charge is -2.21. The molecule has 3 rings (SSSR count). The molecule has 0 spiro atoms. The molecule has 3 aromatic rings. The molecule has 2 heterocycles. The van der Waals surface area contributed by atoms with E-state index in [2.05, 4.69) is 10.1 Å². The molecule has 0 N–H and O–H groups in total. The van der Waals surface area contributed by atoms with Crippen LogP contribution in [-0.4, -0.2) is 27.0 Å². The summed E-state index contributed by atoms with van der Waals surface area (Å²) >= 11 is 0. The highest BCUT2D eigenvalue weighted by atomic mass is 16.2. The molecule has 0 aliphatic rings. The average Bonchev–Trinajstić information content (AvgIpc) is 2.97. The van der Waals surface area contributed by atoms with Crippen LogP contribution in [0.4, 0.5) is 5.69 Å². The van der Waals surface area contributed by atoms with Crippen LogP contribution in [-0.2, 0) is 0 Å². The van der Waals surface area contributed by atoms with Gasteiger partial charge in [0.2, 0.25) is 0 Å². The first-order chi connectivity index (χ1) is 9.81. The molecule has 1 aromatic carbocycles. The Kier molecular flexibility index (Phi) is 3.16. The Morgan fingerprint density at radius 2 is 1.95 bits per heavy atom. The topological polar surface area (TPSA) is 50.5 Å². The van der Waals surface area contributed by atoms with Gasteiger partial charge in [-0.25, -0.2) is 9.50 Å². The largest absolute Gasteiger partial charge is 0.307 e. The van der Waals surface area contributed by atoms with E-state index in [0.29, 0.717) is 17.9 Å². The minimum absolute atomic E-state index is 0.0881. The normalized spacial score (nSPS) is 10.7. The molecule has 0 radical (unpaired) electrons. The van der Waals surface area contributed by atoms with Gasteiger partial charge in [0, 0.05) is 24.5 Å². The first kappa shape index (κ1) is 12.3. The number of aromatic nitrogens is 3. The van der Waals surface area contributed by atoms with Crippen molar-refractivity contribution in [1.82, 2.24) is 14.6 Å². The predicted molar refractivity (Wildman–Crippen MR) is 76.8 cm³/mol. The lowest BCUT2D eigenvalue weighted by molar-refractivity contribution is 0.0981. The number of fused-ring (bicyclic) bond motifs is 1. The number of hydrogen-bond acceptors (Lipinski definition) is 3. The third-order valence-electron chi connectivity index (χ3n) is 3.14. The summed E-state index contributed by atoms with van der Waals surface area (Å²) in [5.41, 5.74) is 2.04. The summed E-state index contributed by atoms with van der Waals surface area (Å²) in [7, 11) is 0. The van der Waals surface area contributed by atoms with Gasteiger partial charge in [0.25, 0.3) is 5.91 Å². The van der Waals surface area contributed by atoms with Crippen molar-refractivity contribution in [3.05, 3.63) is 60.6 Å². The monoisotopic (exact) mass is 266 g/mol. The maximum Gasteiger partial charge on any atom is 0.277 e. The van der Waals surface area contributed by atoms with Crippen LogP contribution in [0, 0.1) is 0 Å². The Labute approximate surface area is 116 Å². The zero-order valence-corrected chi connectivity index (χ0v) is 11.1. The van der Waals surface area contributed by atoms with Gasteiger partial charge in [-0.1, -0.05) is 18.2 Å².